The first-order valence-corrected chi connectivity index (χ1v) is 7.43. The van der Waals surface area contributed by atoms with E-state index in [-0.39, 0.29) is 0 Å². The number of benzene rings is 1. The van der Waals surface area contributed by atoms with E-state index in [1.54, 1.807) is 11.8 Å². The van der Waals surface area contributed by atoms with Crippen LogP contribution in [-0.2, 0) is 6.54 Å². The second kappa shape index (κ2) is 6.92. The standard InChI is InChI=1S/C14H24N2S/c1-5-11(2)10-16(3)13-7-6-8-14(17-4)12(13)9-15/h6-8,11H,5,9-10,15H2,1-4H3. The molecule has 1 unspecified atom stereocenters. The number of anilines is 1. The first-order valence-electron chi connectivity index (χ1n) is 6.21. The van der Waals surface area contributed by atoms with E-state index < -0.39 is 0 Å². The summed E-state index contributed by atoms with van der Waals surface area (Å²) in [6.45, 7) is 6.22. The second-order valence-corrected chi connectivity index (χ2v) is 5.40. The highest BCUT2D eigenvalue weighted by atomic mass is 32.2. The van der Waals surface area contributed by atoms with Gasteiger partial charge in [0.25, 0.3) is 0 Å². The van der Waals surface area contributed by atoms with Crippen molar-refractivity contribution in [1.82, 2.24) is 0 Å². The number of hydrogen-bond acceptors (Lipinski definition) is 3. The summed E-state index contributed by atoms with van der Waals surface area (Å²) in [5, 5.41) is 0. The quantitative estimate of drug-likeness (QED) is 0.787. The van der Waals surface area contributed by atoms with Crippen LogP contribution >= 0.6 is 11.8 Å². The van der Waals surface area contributed by atoms with E-state index in [1.165, 1.54) is 22.6 Å². The molecule has 1 rings (SSSR count). The van der Waals surface area contributed by atoms with E-state index in [1.807, 2.05) is 0 Å². The van der Waals surface area contributed by atoms with Crippen LogP contribution in [0.2, 0.25) is 0 Å². The Morgan fingerprint density at radius 1 is 1.41 bits per heavy atom. The smallest absolute Gasteiger partial charge is 0.0420 e. The third kappa shape index (κ3) is 3.65. The summed E-state index contributed by atoms with van der Waals surface area (Å²) >= 11 is 1.77. The Labute approximate surface area is 110 Å². The zero-order valence-corrected chi connectivity index (χ0v) is 12.2. The zero-order chi connectivity index (χ0) is 12.8. The van der Waals surface area contributed by atoms with Crippen LogP contribution in [0.25, 0.3) is 0 Å². The fourth-order valence-electron chi connectivity index (χ4n) is 2.00. The van der Waals surface area contributed by atoms with E-state index in [0.29, 0.717) is 12.5 Å². The van der Waals surface area contributed by atoms with Crippen molar-refractivity contribution in [2.45, 2.75) is 31.7 Å². The topological polar surface area (TPSA) is 29.3 Å². The van der Waals surface area contributed by atoms with Gasteiger partial charge in [-0.25, -0.2) is 0 Å². The lowest BCUT2D eigenvalue weighted by atomic mass is 10.1. The van der Waals surface area contributed by atoms with Crippen molar-refractivity contribution in [3.8, 4) is 0 Å². The molecule has 0 heterocycles. The molecule has 1 aromatic rings. The highest BCUT2D eigenvalue weighted by Gasteiger charge is 2.11. The largest absolute Gasteiger partial charge is 0.374 e. The maximum Gasteiger partial charge on any atom is 0.0420 e. The molecule has 96 valence electrons. The molecule has 17 heavy (non-hydrogen) atoms. The van der Waals surface area contributed by atoms with Gasteiger partial charge in [0.2, 0.25) is 0 Å². The fraction of sp³-hybridized carbons (Fsp3) is 0.571. The van der Waals surface area contributed by atoms with Gasteiger partial charge >= 0.3 is 0 Å². The molecule has 0 saturated heterocycles. The molecule has 0 fully saturated rings. The molecule has 0 aromatic heterocycles. The average molecular weight is 252 g/mol. The Bertz CT molecular complexity index is 352. The molecule has 0 spiro atoms. The van der Waals surface area contributed by atoms with Crippen molar-refractivity contribution in [2.75, 3.05) is 24.7 Å². The normalized spacial score (nSPS) is 12.5. The summed E-state index contributed by atoms with van der Waals surface area (Å²) in [6, 6.07) is 6.44. The molecule has 1 aromatic carbocycles. The van der Waals surface area contributed by atoms with Gasteiger partial charge in [-0.2, -0.15) is 0 Å². The van der Waals surface area contributed by atoms with Crippen LogP contribution in [0.1, 0.15) is 25.8 Å². The van der Waals surface area contributed by atoms with Crippen LogP contribution in [0.4, 0.5) is 5.69 Å². The molecular weight excluding hydrogens is 228 g/mol. The Hall–Kier alpha value is -0.670. The van der Waals surface area contributed by atoms with E-state index in [9.17, 15) is 0 Å². The molecule has 0 aliphatic heterocycles. The van der Waals surface area contributed by atoms with Gasteiger partial charge in [0.05, 0.1) is 0 Å². The molecule has 0 amide bonds. The van der Waals surface area contributed by atoms with Crippen LogP contribution in [0.5, 0.6) is 0 Å². The van der Waals surface area contributed by atoms with E-state index in [0.717, 1.165) is 6.54 Å². The summed E-state index contributed by atoms with van der Waals surface area (Å²) in [5.41, 5.74) is 8.43. The van der Waals surface area contributed by atoms with Crippen LogP contribution in [0, 0.1) is 5.92 Å². The van der Waals surface area contributed by atoms with Crippen LogP contribution in [0.15, 0.2) is 23.1 Å². The van der Waals surface area contributed by atoms with Gasteiger partial charge in [0, 0.05) is 36.3 Å². The maximum atomic E-state index is 5.89. The van der Waals surface area contributed by atoms with Crippen LogP contribution < -0.4 is 10.6 Å². The minimum absolute atomic E-state index is 0.608. The number of nitrogens with two attached hydrogens (primary N) is 1. The predicted octanol–water partition coefficient (Wildman–Crippen LogP) is 3.35. The minimum atomic E-state index is 0.608. The first kappa shape index (κ1) is 14.4. The number of nitrogens with zero attached hydrogens (tertiary/aromatic N) is 1. The zero-order valence-electron chi connectivity index (χ0n) is 11.4. The van der Waals surface area contributed by atoms with Gasteiger partial charge in [-0.1, -0.05) is 26.3 Å². The highest BCUT2D eigenvalue weighted by molar-refractivity contribution is 7.98. The molecular formula is C14H24N2S. The molecule has 0 aliphatic rings. The van der Waals surface area contributed by atoms with Gasteiger partial charge in [0.15, 0.2) is 0 Å². The van der Waals surface area contributed by atoms with Crippen molar-refractivity contribution < 1.29 is 0 Å². The van der Waals surface area contributed by atoms with Gasteiger partial charge in [-0.3, -0.25) is 0 Å². The van der Waals surface area contributed by atoms with Gasteiger partial charge in [-0.05, 0) is 24.3 Å². The molecule has 2 nitrogen and oxygen atoms in total. The number of thioether (sulfide) groups is 1. The van der Waals surface area contributed by atoms with Crippen LogP contribution in [0.3, 0.4) is 0 Å². The predicted molar refractivity (Wildman–Crippen MR) is 78.8 cm³/mol. The first-order chi connectivity index (χ1) is 8.13. The van der Waals surface area contributed by atoms with Crippen molar-refractivity contribution in [3.63, 3.8) is 0 Å². The van der Waals surface area contributed by atoms with E-state index in [2.05, 4.69) is 50.2 Å². The average Bonchev–Trinajstić information content (AvgIpc) is 2.37. The monoisotopic (exact) mass is 252 g/mol. The fourth-order valence-corrected chi connectivity index (χ4v) is 2.65. The Kier molecular flexibility index (Phi) is 5.86. The lowest BCUT2D eigenvalue weighted by Gasteiger charge is -2.26. The SMILES string of the molecule is CCC(C)CN(C)c1cccc(SC)c1CN. The Morgan fingerprint density at radius 2 is 2.12 bits per heavy atom. The Balaban J connectivity index is 2.96. The van der Waals surface area contributed by atoms with Gasteiger partial charge < -0.3 is 10.6 Å². The Morgan fingerprint density at radius 3 is 2.65 bits per heavy atom. The highest BCUT2D eigenvalue weighted by Crippen LogP contribution is 2.29. The van der Waals surface area contributed by atoms with Crippen molar-refractivity contribution in [1.29, 1.82) is 0 Å². The molecule has 0 aliphatic carbocycles. The molecule has 1 atom stereocenters. The second-order valence-electron chi connectivity index (χ2n) is 4.56. The third-order valence-electron chi connectivity index (χ3n) is 3.23. The lowest BCUT2D eigenvalue weighted by Crippen LogP contribution is -2.25. The summed E-state index contributed by atoms with van der Waals surface area (Å²) in [7, 11) is 2.16. The van der Waals surface area contributed by atoms with Crippen molar-refractivity contribution in [3.05, 3.63) is 23.8 Å². The van der Waals surface area contributed by atoms with E-state index in [4.69, 9.17) is 5.73 Å². The summed E-state index contributed by atoms with van der Waals surface area (Å²) < 4.78 is 0. The summed E-state index contributed by atoms with van der Waals surface area (Å²) in [4.78, 5) is 3.62. The molecule has 0 radical (unpaired) electrons. The van der Waals surface area contributed by atoms with Crippen LogP contribution in [-0.4, -0.2) is 19.8 Å². The third-order valence-corrected chi connectivity index (χ3v) is 4.05. The van der Waals surface area contributed by atoms with Crippen molar-refractivity contribution >= 4 is 17.4 Å². The summed E-state index contributed by atoms with van der Waals surface area (Å²) in [5.74, 6) is 0.712. The molecule has 3 heteroatoms. The van der Waals surface area contributed by atoms with Gasteiger partial charge in [0.1, 0.15) is 0 Å². The molecule has 2 N–H and O–H groups in total. The van der Waals surface area contributed by atoms with Gasteiger partial charge in [-0.15, -0.1) is 11.8 Å². The number of hydrogen-bond donors (Lipinski definition) is 1. The molecule has 0 saturated carbocycles. The summed E-state index contributed by atoms with van der Waals surface area (Å²) in [6.07, 6.45) is 3.32. The minimum Gasteiger partial charge on any atom is -0.374 e. The number of rotatable bonds is 6. The maximum absolute atomic E-state index is 5.89. The lowest BCUT2D eigenvalue weighted by molar-refractivity contribution is 0.559. The van der Waals surface area contributed by atoms with E-state index >= 15 is 0 Å². The van der Waals surface area contributed by atoms with Crippen molar-refractivity contribution in [2.24, 2.45) is 11.7 Å². The molecule has 0 bridgehead atoms.